The summed E-state index contributed by atoms with van der Waals surface area (Å²) in [6, 6.07) is 8.03. The zero-order chi connectivity index (χ0) is 13.0. The molecule has 0 radical (unpaired) electrons. The second kappa shape index (κ2) is 5.64. The number of hydrogen-bond acceptors (Lipinski definition) is 4. The minimum Gasteiger partial charge on any atom is -0.481 e. The van der Waals surface area contributed by atoms with E-state index in [-0.39, 0.29) is 6.42 Å². The topological polar surface area (TPSA) is 62.2 Å². The standard InChI is InChI=1S/C13H14N2O2S/c1-9-4-2-3-5-11(9)14-7-12-15-10(8-18-12)6-13(16)17/h2-5,8,14H,6-7H2,1H3,(H,16,17). The Bertz CT molecular complexity index is 551. The van der Waals surface area contributed by atoms with Crippen molar-refractivity contribution >= 4 is 23.0 Å². The van der Waals surface area contributed by atoms with Gasteiger partial charge in [0, 0.05) is 11.1 Å². The summed E-state index contributed by atoms with van der Waals surface area (Å²) in [5.74, 6) is -0.848. The lowest BCUT2D eigenvalue weighted by atomic mass is 10.2. The highest BCUT2D eigenvalue weighted by Crippen LogP contribution is 2.16. The summed E-state index contributed by atoms with van der Waals surface area (Å²) in [5, 5.41) is 14.7. The van der Waals surface area contributed by atoms with Crippen molar-refractivity contribution in [1.29, 1.82) is 0 Å². The molecular weight excluding hydrogens is 248 g/mol. The molecule has 0 unspecified atom stereocenters. The van der Waals surface area contributed by atoms with E-state index in [2.05, 4.69) is 10.3 Å². The van der Waals surface area contributed by atoms with Gasteiger partial charge in [-0.15, -0.1) is 11.3 Å². The van der Waals surface area contributed by atoms with Crippen molar-refractivity contribution in [2.45, 2.75) is 19.9 Å². The quantitative estimate of drug-likeness (QED) is 0.869. The summed E-state index contributed by atoms with van der Waals surface area (Å²) in [6.07, 6.45) is -0.0130. The summed E-state index contributed by atoms with van der Waals surface area (Å²) < 4.78 is 0. The SMILES string of the molecule is Cc1ccccc1NCc1nc(CC(=O)O)cs1. The van der Waals surface area contributed by atoms with Crippen LogP contribution in [0.2, 0.25) is 0 Å². The summed E-state index contributed by atoms with van der Waals surface area (Å²) in [7, 11) is 0. The molecule has 0 spiro atoms. The number of benzene rings is 1. The maximum absolute atomic E-state index is 10.6. The third-order valence-electron chi connectivity index (χ3n) is 2.51. The van der Waals surface area contributed by atoms with Gasteiger partial charge in [0.25, 0.3) is 0 Å². The van der Waals surface area contributed by atoms with Gasteiger partial charge in [0.2, 0.25) is 0 Å². The Morgan fingerprint density at radius 2 is 2.22 bits per heavy atom. The van der Waals surface area contributed by atoms with Crippen LogP contribution in [-0.2, 0) is 17.8 Å². The summed E-state index contributed by atoms with van der Waals surface area (Å²) in [4.78, 5) is 14.8. The molecule has 4 nitrogen and oxygen atoms in total. The van der Waals surface area contributed by atoms with E-state index in [1.54, 1.807) is 5.38 Å². The highest BCUT2D eigenvalue weighted by molar-refractivity contribution is 7.09. The second-order valence-corrected chi connectivity index (χ2v) is 4.91. The number of nitrogens with zero attached hydrogens (tertiary/aromatic N) is 1. The molecule has 2 rings (SSSR count). The first-order valence-electron chi connectivity index (χ1n) is 5.60. The first-order chi connectivity index (χ1) is 8.65. The molecule has 94 valence electrons. The lowest BCUT2D eigenvalue weighted by molar-refractivity contribution is -0.136. The van der Waals surface area contributed by atoms with Gasteiger partial charge in [-0.3, -0.25) is 4.79 Å². The van der Waals surface area contributed by atoms with Crippen LogP contribution in [0.5, 0.6) is 0 Å². The van der Waals surface area contributed by atoms with E-state index in [0.717, 1.165) is 10.7 Å². The minimum atomic E-state index is -0.848. The predicted molar refractivity (Wildman–Crippen MR) is 72.0 cm³/mol. The summed E-state index contributed by atoms with van der Waals surface area (Å²) >= 11 is 1.48. The predicted octanol–water partition coefficient (Wildman–Crippen LogP) is 2.69. The van der Waals surface area contributed by atoms with Crippen molar-refractivity contribution in [3.8, 4) is 0 Å². The second-order valence-electron chi connectivity index (χ2n) is 3.97. The molecule has 0 atom stereocenters. The number of anilines is 1. The lowest BCUT2D eigenvalue weighted by Crippen LogP contribution is -2.03. The van der Waals surface area contributed by atoms with Crippen LogP contribution in [-0.4, -0.2) is 16.1 Å². The van der Waals surface area contributed by atoms with E-state index in [1.807, 2.05) is 31.2 Å². The zero-order valence-electron chi connectivity index (χ0n) is 10.0. The summed E-state index contributed by atoms with van der Waals surface area (Å²) in [5.41, 5.74) is 2.88. The normalized spacial score (nSPS) is 10.3. The fraction of sp³-hybridized carbons (Fsp3) is 0.231. The molecule has 1 aromatic carbocycles. The van der Waals surface area contributed by atoms with E-state index in [9.17, 15) is 4.79 Å². The van der Waals surface area contributed by atoms with Gasteiger partial charge in [0.05, 0.1) is 18.7 Å². The first kappa shape index (κ1) is 12.6. The van der Waals surface area contributed by atoms with Gasteiger partial charge in [-0.2, -0.15) is 0 Å². The maximum Gasteiger partial charge on any atom is 0.309 e. The number of carboxylic acid groups (broad SMARTS) is 1. The van der Waals surface area contributed by atoms with Gasteiger partial charge in [0.15, 0.2) is 0 Å². The third-order valence-corrected chi connectivity index (χ3v) is 3.40. The zero-order valence-corrected chi connectivity index (χ0v) is 10.8. The van der Waals surface area contributed by atoms with Crippen molar-refractivity contribution in [3.63, 3.8) is 0 Å². The van der Waals surface area contributed by atoms with Crippen molar-refractivity contribution in [3.05, 3.63) is 45.9 Å². The van der Waals surface area contributed by atoms with Crippen molar-refractivity contribution in [1.82, 2.24) is 4.98 Å². The number of carbonyl (C=O) groups is 1. The Morgan fingerprint density at radius 1 is 1.44 bits per heavy atom. The van der Waals surface area contributed by atoms with E-state index < -0.39 is 5.97 Å². The number of aliphatic carboxylic acids is 1. The van der Waals surface area contributed by atoms with Crippen LogP contribution in [0.3, 0.4) is 0 Å². The molecule has 0 aliphatic heterocycles. The molecule has 2 N–H and O–H groups in total. The number of aryl methyl sites for hydroxylation is 1. The third kappa shape index (κ3) is 3.30. The van der Waals surface area contributed by atoms with E-state index in [1.165, 1.54) is 16.9 Å². The van der Waals surface area contributed by atoms with E-state index in [0.29, 0.717) is 12.2 Å². The molecule has 1 heterocycles. The Kier molecular flexibility index (Phi) is 3.94. The Morgan fingerprint density at radius 3 is 2.94 bits per heavy atom. The molecule has 0 aliphatic carbocycles. The maximum atomic E-state index is 10.6. The Labute approximate surface area is 109 Å². The Hall–Kier alpha value is -1.88. The molecule has 5 heteroatoms. The van der Waals surface area contributed by atoms with Gasteiger partial charge in [-0.25, -0.2) is 4.98 Å². The largest absolute Gasteiger partial charge is 0.481 e. The highest BCUT2D eigenvalue weighted by Gasteiger charge is 2.06. The van der Waals surface area contributed by atoms with Crippen LogP contribution < -0.4 is 5.32 Å². The smallest absolute Gasteiger partial charge is 0.309 e. The molecule has 0 saturated carbocycles. The average Bonchev–Trinajstić information content (AvgIpc) is 2.75. The fourth-order valence-electron chi connectivity index (χ4n) is 1.61. The van der Waals surface area contributed by atoms with Crippen molar-refractivity contribution < 1.29 is 9.90 Å². The molecule has 0 aliphatic rings. The van der Waals surface area contributed by atoms with Crippen molar-refractivity contribution in [2.24, 2.45) is 0 Å². The van der Waals surface area contributed by atoms with Crippen LogP contribution in [0.25, 0.3) is 0 Å². The van der Waals surface area contributed by atoms with Crippen LogP contribution in [0.4, 0.5) is 5.69 Å². The fourth-order valence-corrected chi connectivity index (χ4v) is 2.34. The molecule has 0 saturated heterocycles. The van der Waals surface area contributed by atoms with Crippen molar-refractivity contribution in [2.75, 3.05) is 5.32 Å². The van der Waals surface area contributed by atoms with E-state index in [4.69, 9.17) is 5.11 Å². The first-order valence-corrected chi connectivity index (χ1v) is 6.47. The molecule has 0 fully saturated rings. The number of carboxylic acids is 1. The van der Waals surface area contributed by atoms with Gasteiger partial charge < -0.3 is 10.4 Å². The monoisotopic (exact) mass is 262 g/mol. The number of nitrogens with one attached hydrogen (secondary N) is 1. The van der Waals surface area contributed by atoms with Crippen LogP contribution in [0, 0.1) is 6.92 Å². The molecular formula is C13H14N2O2S. The number of hydrogen-bond donors (Lipinski definition) is 2. The number of aromatic nitrogens is 1. The highest BCUT2D eigenvalue weighted by atomic mass is 32.1. The minimum absolute atomic E-state index is 0.0130. The molecule has 18 heavy (non-hydrogen) atoms. The van der Waals surface area contributed by atoms with E-state index >= 15 is 0 Å². The van der Waals surface area contributed by atoms with Gasteiger partial charge in [-0.1, -0.05) is 18.2 Å². The summed E-state index contributed by atoms with van der Waals surface area (Å²) in [6.45, 7) is 2.66. The lowest BCUT2D eigenvalue weighted by Gasteiger charge is -2.06. The van der Waals surface area contributed by atoms with Crippen LogP contribution >= 0.6 is 11.3 Å². The molecule has 0 amide bonds. The van der Waals surface area contributed by atoms with Crippen LogP contribution in [0.1, 0.15) is 16.3 Å². The number of para-hydroxylation sites is 1. The molecule has 0 bridgehead atoms. The van der Waals surface area contributed by atoms with Gasteiger partial charge in [0.1, 0.15) is 5.01 Å². The number of rotatable bonds is 5. The number of thiazole rings is 1. The van der Waals surface area contributed by atoms with Crippen LogP contribution in [0.15, 0.2) is 29.6 Å². The Balaban J connectivity index is 1.96. The molecule has 1 aromatic heterocycles. The van der Waals surface area contributed by atoms with Gasteiger partial charge in [-0.05, 0) is 18.6 Å². The average molecular weight is 262 g/mol. The molecule has 2 aromatic rings. The van der Waals surface area contributed by atoms with Gasteiger partial charge >= 0.3 is 5.97 Å².